The quantitative estimate of drug-likeness (QED) is 0.838. The van der Waals surface area contributed by atoms with Crippen LogP contribution in [0, 0.1) is 18.8 Å². The Morgan fingerprint density at radius 2 is 2.00 bits per heavy atom. The highest BCUT2D eigenvalue weighted by molar-refractivity contribution is 7.89. The summed E-state index contributed by atoms with van der Waals surface area (Å²) < 4.78 is 27.6. The summed E-state index contributed by atoms with van der Waals surface area (Å²) in [5, 5.41) is 0. The number of benzene rings is 1. The first kappa shape index (κ1) is 16.0. The topological polar surface area (TPSA) is 72.2 Å². The highest BCUT2D eigenvalue weighted by atomic mass is 32.2. The van der Waals surface area contributed by atoms with E-state index in [1.165, 1.54) is 6.42 Å². The van der Waals surface area contributed by atoms with Crippen molar-refractivity contribution in [3.8, 4) is 11.8 Å². The van der Waals surface area contributed by atoms with Crippen LogP contribution < -0.4 is 10.5 Å². The van der Waals surface area contributed by atoms with Crippen LogP contribution in [0.3, 0.4) is 0 Å². The molecule has 0 heterocycles. The molecule has 1 aliphatic rings. The standard InChI is InChI=1S/C16H22N2O2S/c1-13-12-16(10-9-14(13)6-5-11-17)21(19,20)18-15-7-3-2-4-8-15/h9-10,12,15,18H,2-4,7-8,11,17H2,1H3. The molecular formula is C16H22N2O2S. The van der Waals surface area contributed by atoms with E-state index < -0.39 is 10.0 Å². The van der Waals surface area contributed by atoms with Crippen molar-refractivity contribution in [1.82, 2.24) is 4.72 Å². The molecule has 0 amide bonds. The van der Waals surface area contributed by atoms with Crippen LogP contribution >= 0.6 is 0 Å². The summed E-state index contributed by atoms with van der Waals surface area (Å²) in [6.45, 7) is 2.16. The fourth-order valence-corrected chi connectivity index (χ4v) is 3.99. The second-order valence-electron chi connectivity index (χ2n) is 5.44. The van der Waals surface area contributed by atoms with Gasteiger partial charge in [0.05, 0.1) is 11.4 Å². The monoisotopic (exact) mass is 306 g/mol. The number of hydrogen-bond donors (Lipinski definition) is 2. The summed E-state index contributed by atoms with van der Waals surface area (Å²) >= 11 is 0. The van der Waals surface area contributed by atoms with Crippen molar-refractivity contribution in [3.63, 3.8) is 0 Å². The van der Waals surface area contributed by atoms with Gasteiger partial charge >= 0.3 is 0 Å². The molecule has 0 radical (unpaired) electrons. The lowest BCUT2D eigenvalue weighted by atomic mass is 9.96. The van der Waals surface area contributed by atoms with E-state index in [1.54, 1.807) is 18.2 Å². The molecule has 5 heteroatoms. The van der Waals surface area contributed by atoms with Gasteiger partial charge in [0, 0.05) is 11.6 Å². The van der Waals surface area contributed by atoms with Crippen LogP contribution in [0.15, 0.2) is 23.1 Å². The summed E-state index contributed by atoms with van der Waals surface area (Å²) in [6.07, 6.45) is 5.25. The third kappa shape index (κ3) is 4.31. The maximum absolute atomic E-state index is 12.4. The third-order valence-corrected chi connectivity index (χ3v) is 5.28. The second kappa shape index (κ2) is 7.08. The van der Waals surface area contributed by atoms with Crippen LogP contribution in [0.25, 0.3) is 0 Å². The fourth-order valence-electron chi connectivity index (χ4n) is 2.60. The van der Waals surface area contributed by atoms with Crippen molar-refractivity contribution in [1.29, 1.82) is 0 Å². The van der Waals surface area contributed by atoms with E-state index in [9.17, 15) is 8.42 Å². The molecule has 1 aromatic rings. The van der Waals surface area contributed by atoms with Gasteiger partial charge in [0.25, 0.3) is 0 Å². The SMILES string of the molecule is Cc1cc(S(=O)(=O)NC2CCCCC2)ccc1C#CCN. The molecular weight excluding hydrogens is 284 g/mol. The number of rotatable bonds is 3. The highest BCUT2D eigenvalue weighted by Gasteiger charge is 2.22. The summed E-state index contributed by atoms with van der Waals surface area (Å²) in [5.41, 5.74) is 7.02. The first-order chi connectivity index (χ1) is 10.0. The van der Waals surface area contributed by atoms with Crippen molar-refractivity contribution in [2.75, 3.05) is 6.54 Å². The average molecular weight is 306 g/mol. The predicted molar refractivity (Wildman–Crippen MR) is 84.3 cm³/mol. The molecule has 4 nitrogen and oxygen atoms in total. The van der Waals surface area contributed by atoms with Gasteiger partial charge in [0.2, 0.25) is 10.0 Å². The van der Waals surface area contributed by atoms with Gasteiger partial charge < -0.3 is 5.73 Å². The van der Waals surface area contributed by atoms with Gasteiger partial charge in [-0.05, 0) is 43.5 Å². The fraction of sp³-hybridized carbons (Fsp3) is 0.500. The molecule has 1 aliphatic carbocycles. The summed E-state index contributed by atoms with van der Waals surface area (Å²) in [5.74, 6) is 5.72. The zero-order valence-corrected chi connectivity index (χ0v) is 13.2. The molecule has 0 atom stereocenters. The summed E-state index contributed by atoms with van der Waals surface area (Å²) in [7, 11) is -3.44. The van der Waals surface area contributed by atoms with E-state index in [0.717, 1.165) is 36.8 Å². The number of sulfonamides is 1. The van der Waals surface area contributed by atoms with Crippen LogP contribution in [0.5, 0.6) is 0 Å². The second-order valence-corrected chi connectivity index (χ2v) is 7.15. The minimum absolute atomic E-state index is 0.0702. The van der Waals surface area contributed by atoms with Crippen molar-refractivity contribution in [2.45, 2.75) is 50.0 Å². The Kier molecular flexibility index (Phi) is 5.40. The third-order valence-electron chi connectivity index (χ3n) is 3.76. The number of aryl methyl sites for hydroxylation is 1. The minimum Gasteiger partial charge on any atom is -0.320 e. The highest BCUT2D eigenvalue weighted by Crippen LogP contribution is 2.21. The normalized spacial score (nSPS) is 16.3. The molecule has 0 bridgehead atoms. The molecule has 0 spiro atoms. The Morgan fingerprint density at radius 1 is 1.29 bits per heavy atom. The molecule has 1 aromatic carbocycles. The molecule has 0 aromatic heterocycles. The summed E-state index contributed by atoms with van der Waals surface area (Å²) in [6, 6.07) is 5.10. The van der Waals surface area contributed by atoms with Crippen LogP contribution in [-0.2, 0) is 10.0 Å². The largest absolute Gasteiger partial charge is 0.320 e. The molecule has 1 saturated carbocycles. The maximum Gasteiger partial charge on any atom is 0.240 e. The lowest BCUT2D eigenvalue weighted by molar-refractivity contribution is 0.412. The minimum atomic E-state index is -3.44. The maximum atomic E-state index is 12.4. The van der Waals surface area contributed by atoms with Crippen LogP contribution in [0.1, 0.15) is 43.2 Å². The van der Waals surface area contributed by atoms with Crippen molar-refractivity contribution in [3.05, 3.63) is 29.3 Å². The summed E-state index contributed by atoms with van der Waals surface area (Å²) in [4.78, 5) is 0.309. The lowest BCUT2D eigenvalue weighted by Crippen LogP contribution is -2.36. The Balaban J connectivity index is 2.18. The first-order valence-corrected chi connectivity index (χ1v) is 8.83. The van der Waals surface area contributed by atoms with Gasteiger partial charge in [0.1, 0.15) is 0 Å². The van der Waals surface area contributed by atoms with Gasteiger partial charge in [-0.15, -0.1) is 0 Å². The molecule has 0 saturated heterocycles. The predicted octanol–water partition coefficient (Wildman–Crippen LogP) is 1.92. The zero-order chi connectivity index (χ0) is 15.3. The molecule has 0 aliphatic heterocycles. The van der Waals surface area contributed by atoms with Crippen molar-refractivity contribution < 1.29 is 8.42 Å². The molecule has 114 valence electrons. The van der Waals surface area contributed by atoms with Crippen LogP contribution in [0.2, 0.25) is 0 Å². The van der Waals surface area contributed by atoms with E-state index in [-0.39, 0.29) is 6.04 Å². The van der Waals surface area contributed by atoms with Gasteiger partial charge in [-0.1, -0.05) is 31.1 Å². The van der Waals surface area contributed by atoms with E-state index in [1.807, 2.05) is 6.92 Å². The van der Waals surface area contributed by atoms with E-state index in [4.69, 9.17) is 5.73 Å². The smallest absolute Gasteiger partial charge is 0.240 e. The Morgan fingerprint density at radius 3 is 2.62 bits per heavy atom. The number of nitrogens with one attached hydrogen (secondary N) is 1. The Bertz CT molecular complexity index is 651. The van der Waals surface area contributed by atoms with Gasteiger partial charge in [-0.3, -0.25) is 0 Å². The molecule has 3 N–H and O–H groups in total. The molecule has 21 heavy (non-hydrogen) atoms. The van der Waals surface area contributed by atoms with Crippen LogP contribution in [-0.4, -0.2) is 21.0 Å². The van der Waals surface area contributed by atoms with E-state index >= 15 is 0 Å². The van der Waals surface area contributed by atoms with Gasteiger partial charge in [0.15, 0.2) is 0 Å². The van der Waals surface area contributed by atoms with Gasteiger partial charge in [-0.2, -0.15) is 0 Å². The number of nitrogens with two attached hydrogens (primary N) is 1. The zero-order valence-electron chi connectivity index (χ0n) is 12.4. The lowest BCUT2D eigenvalue weighted by Gasteiger charge is -2.22. The molecule has 0 unspecified atom stereocenters. The van der Waals surface area contributed by atoms with E-state index in [0.29, 0.717) is 11.4 Å². The van der Waals surface area contributed by atoms with Crippen LogP contribution in [0.4, 0.5) is 0 Å². The van der Waals surface area contributed by atoms with Crippen molar-refractivity contribution >= 4 is 10.0 Å². The molecule has 1 fully saturated rings. The van der Waals surface area contributed by atoms with Gasteiger partial charge in [-0.25, -0.2) is 13.1 Å². The van der Waals surface area contributed by atoms with Crippen molar-refractivity contribution in [2.24, 2.45) is 5.73 Å². The Labute approximate surface area is 127 Å². The molecule has 2 rings (SSSR count). The van der Waals surface area contributed by atoms with E-state index in [2.05, 4.69) is 16.6 Å². The Hall–Kier alpha value is -1.35. The number of hydrogen-bond acceptors (Lipinski definition) is 3. The average Bonchev–Trinajstić information content (AvgIpc) is 2.46. The first-order valence-electron chi connectivity index (χ1n) is 7.35.